The van der Waals surface area contributed by atoms with Crippen LogP contribution in [0.15, 0.2) is 18.2 Å². The average molecular weight is 290 g/mol. The number of ether oxygens (including phenoxy) is 1. The van der Waals surface area contributed by atoms with Gasteiger partial charge in [0.1, 0.15) is 5.75 Å². The lowest BCUT2D eigenvalue weighted by Crippen LogP contribution is -2.43. The number of rotatable bonds is 4. The molecule has 1 amide bonds. The number of hydrogen-bond donors (Lipinski definition) is 1. The molecule has 1 saturated heterocycles. The summed E-state index contributed by atoms with van der Waals surface area (Å²) in [4.78, 5) is 14.3. The third-order valence-electron chi connectivity index (χ3n) is 3.98. The lowest BCUT2D eigenvalue weighted by atomic mass is 10.0. The van der Waals surface area contributed by atoms with Crippen LogP contribution in [0.2, 0.25) is 0 Å². The summed E-state index contributed by atoms with van der Waals surface area (Å²) < 4.78 is 5.91. The van der Waals surface area contributed by atoms with Crippen molar-refractivity contribution in [2.75, 3.05) is 13.1 Å². The molecule has 0 aromatic heterocycles. The Hall–Kier alpha value is -1.55. The maximum Gasteiger partial charge on any atom is 0.263 e. The highest BCUT2D eigenvalue weighted by molar-refractivity contribution is 5.81. The predicted molar refractivity (Wildman–Crippen MR) is 84.3 cm³/mol. The SMILES string of the molecule is Cc1ccc(OC(C)C(=O)N2CCCCC2)c([C@@H](C)N)c1. The van der Waals surface area contributed by atoms with Crippen LogP contribution in [0.5, 0.6) is 5.75 Å². The number of aryl methyl sites for hydroxylation is 1. The van der Waals surface area contributed by atoms with Crippen LogP contribution in [0.4, 0.5) is 0 Å². The number of nitrogens with zero attached hydrogens (tertiary/aromatic N) is 1. The number of amides is 1. The molecule has 0 spiro atoms. The zero-order valence-corrected chi connectivity index (χ0v) is 13.3. The molecule has 1 fully saturated rings. The molecule has 21 heavy (non-hydrogen) atoms. The summed E-state index contributed by atoms with van der Waals surface area (Å²) in [6.07, 6.45) is 2.93. The first-order valence-corrected chi connectivity index (χ1v) is 7.80. The minimum absolute atomic E-state index is 0.0749. The lowest BCUT2D eigenvalue weighted by molar-refractivity contribution is -0.138. The van der Waals surface area contributed by atoms with Crippen molar-refractivity contribution in [3.63, 3.8) is 0 Å². The Morgan fingerprint density at radius 3 is 2.52 bits per heavy atom. The normalized spacial score (nSPS) is 18.2. The second kappa shape index (κ2) is 6.94. The summed E-state index contributed by atoms with van der Waals surface area (Å²) in [5.41, 5.74) is 8.10. The minimum atomic E-state index is -0.469. The van der Waals surface area contributed by atoms with Gasteiger partial charge in [-0.25, -0.2) is 0 Å². The number of hydrogen-bond acceptors (Lipinski definition) is 3. The van der Waals surface area contributed by atoms with E-state index in [1.54, 1.807) is 0 Å². The van der Waals surface area contributed by atoms with Gasteiger partial charge in [0.2, 0.25) is 0 Å². The van der Waals surface area contributed by atoms with Crippen molar-refractivity contribution >= 4 is 5.91 Å². The van der Waals surface area contributed by atoms with E-state index in [1.807, 2.05) is 43.9 Å². The molecule has 1 unspecified atom stereocenters. The van der Waals surface area contributed by atoms with Gasteiger partial charge in [-0.05, 0) is 46.1 Å². The fourth-order valence-electron chi connectivity index (χ4n) is 2.74. The molecule has 0 radical (unpaired) electrons. The highest BCUT2D eigenvalue weighted by atomic mass is 16.5. The molecule has 2 N–H and O–H groups in total. The first-order chi connectivity index (χ1) is 9.99. The van der Waals surface area contributed by atoms with Gasteiger partial charge in [-0.2, -0.15) is 0 Å². The number of carbonyl (C=O) groups is 1. The second-order valence-electron chi connectivity index (χ2n) is 5.98. The quantitative estimate of drug-likeness (QED) is 0.927. The Morgan fingerprint density at radius 2 is 1.90 bits per heavy atom. The summed E-state index contributed by atoms with van der Waals surface area (Å²) in [5.74, 6) is 0.791. The fourth-order valence-corrected chi connectivity index (χ4v) is 2.74. The van der Waals surface area contributed by atoms with Crippen LogP contribution < -0.4 is 10.5 Å². The van der Waals surface area contributed by atoms with Gasteiger partial charge in [-0.3, -0.25) is 4.79 Å². The summed E-state index contributed by atoms with van der Waals surface area (Å²) in [7, 11) is 0. The summed E-state index contributed by atoms with van der Waals surface area (Å²) >= 11 is 0. The minimum Gasteiger partial charge on any atom is -0.481 e. The van der Waals surface area contributed by atoms with Gasteiger partial charge in [0.05, 0.1) is 0 Å². The molecule has 4 heteroatoms. The van der Waals surface area contributed by atoms with Gasteiger partial charge in [-0.15, -0.1) is 0 Å². The van der Waals surface area contributed by atoms with Crippen LogP contribution in [-0.2, 0) is 4.79 Å². The van der Waals surface area contributed by atoms with Gasteiger partial charge >= 0.3 is 0 Å². The second-order valence-corrected chi connectivity index (χ2v) is 5.98. The van der Waals surface area contributed by atoms with Crippen LogP contribution in [-0.4, -0.2) is 30.0 Å². The molecule has 1 aliphatic rings. The molecule has 2 atom stereocenters. The molecular formula is C17H26N2O2. The van der Waals surface area contributed by atoms with Crippen molar-refractivity contribution in [3.05, 3.63) is 29.3 Å². The van der Waals surface area contributed by atoms with E-state index in [0.29, 0.717) is 5.75 Å². The third-order valence-corrected chi connectivity index (χ3v) is 3.98. The van der Waals surface area contributed by atoms with Crippen molar-refractivity contribution in [3.8, 4) is 5.75 Å². The maximum absolute atomic E-state index is 12.4. The Morgan fingerprint density at radius 1 is 1.24 bits per heavy atom. The Labute approximate surface area is 127 Å². The molecule has 1 aliphatic heterocycles. The third kappa shape index (κ3) is 3.97. The lowest BCUT2D eigenvalue weighted by Gasteiger charge is -2.29. The Balaban J connectivity index is 2.08. The number of likely N-dealkylation sites (tertiary alicyclic amines) is 1. The summed E-state index contributed by atoms with van der Waals surface area (Å²) in [5, 5.41) is 0. The number of nitrogens with two attached hydrogens (primary N) is 1. The maximum atomic E-state index is 12.4. The molecule has 2 rings (SSSR count). The predicted octanol–water partition coefficient (Wildman–Crippen LogP) is 2.79. The van der Waals surface area contributed by atoms with Crippen molar-refractivity contribution in [2.45, 2.75) is 52.2 Å². The first-order valence-electron chi connectivity index (χ1n) is 7.80. The van der Waals surface area contributed by atoms with Crippen molar-refractivity contribution in [1.82, 2.24) is 4.90 Å². The van der Waals surface area contributed by atoms with E-state index in [2.05, 4.69) is 0 Å². The van der Waals surface area contributed by atoms with Crippen LogP contribution in [0.1, 0.15) is 50.3 Å². The molecule has 116 valence electrons. The van der Waals surface area contributed by atoms with Crippen LogP contribution >= 0.6 is 0 Å². The van der Waals surface area contributed by atoms with Crippen molar-refractivity contribution in [2.24, 2.45) is 5.73 Å². The number of piperidine rings is 1. The van der Waals surface area contributed by atoms with E-state index in [9.17, 15) is 4.79 Å². The molecule has 0 saturated carbocycles. The first kappa shape index (κ1) is 15.8. The largest absolute Gasteiger partial charge is 0.481 e. The van der Waals surface area contributed by atoms with Crippen molar-refractivity contribution in [1.29, 1.82) is 0 Å². The van der Waals surface area contributed by atoms with Gasteiger partial charge in [0.15, 0.2) is 6.10 Å². The standard InChI is InChI=1S/C17H26N2O2/c1-12-7-8-16(15(11-12)13(2)18)21-14(3)17(20)19-9-5-4-6-10-19/h7-8,11,13-14H,4-6,9-10,18H2,1-3H3/t13-,14?/m1/s1. The van der Waals surface area contributed by atoms with Crippen LogP contribution in [0.3, 0.4) is 0 Å². The fraction of sp³-hybridized carbons (Fsp3) is 0.588. The zero-order chi connectivity index (χ0) is 15.4. The van der Waals surface area contributed by atoms with E-state index < -0.39 is 6.10 Å². The Bertz CT molecular complexity index is 494. The van der Waals surface area contributed by atoms with E-state index in [-0.39, 0.29) is 11.9 Å². The average Bonchev–Trinajstić information content (AvgIpc) is 2.49. The molecule has 0 bridgehead atoms. The molecule has 1 heterocycles. The molecular weight excluding hydrogens is 264 g/mol. The zero-order valence-electron chi connectivity index (χ0n) is 13.3. The topological polar surface area (TPSA) is 55.6 Å². The van der Waals surface area contributed by atoms with Crippen LogP contribution in [0.25, 0.3) is 0 Å². The van der Waals surface area contributed by atoms with E-state index in [4.69, 9.17) is 10.5 Å². The summed E-state index contributed by atoms with van der Waals surface area (Å²) in [6, 6.07) is 5.81. The Kier molecular flexibility index (Phi) is 5.23. The molecule has 0 aliphatic carbocycles. The molecule has 4 nitrogen and oxygen atoms in total. The van der Waals surface area contributed by atoms with E-state index in [0.717, 1.165) is 37.1 Å². The van der Waals surface area contributed by atoms with Crippen LogP contribution in [0, 0.1) is 6.92 Å². The van der Waals surface area contributed by atoms with Gasteiger partial charge in [0, 0.05) is 24.7 Å². The summed E-state index contributed by atoms with van der Waals surface area (Å²) in [6.45, 7) is 7.47. The van der Waals surface area contributed by atoms with Gasteiger partial charge < -0.3 is 15.4 Å². The van der Waals surface area contributed by atoms with E-state index >= 15 is 0 Å². The highest BCUT2D eigenvalue weighted by Crippen LogP contribution is 2.26. The number of benzene rings is 1. The monoisotopic (exact) mass is 290 g/mol. The van der Waals surface area contributed by atoms with Gasteiger partial charge in [0.25, 0.3) is 5.91 Å². The van der Waals surface area contributed by atoms with E-state index in [1.165, 1.54) is 6.42 Å². The number of carbonyl (C=O) groups excluding carboxylic acids is 1. The molecule has 1 aromatic rings. The smallest absolute Gasteiger partial charge is 0.263 e. The van der Waals surface area contributed by atoms with Gasteiger partial charge in [-0.1, -0.05) is 17.7 Å². The molecule has 1 aromatic carbocycles. The van der Waals surface area contributed by atoms with Crippen molar-refractivity contribution < 1.29 is 9.53 Å². The highest BCUT2D eigenvalue weighted by Gasteiger charge is 2.24.